The quantitative estimate of drug-likeness (QED) is 0.603. The summed E-state index contributed by atoms with van der Waals surface area (Å²) < 4.78 is 0. The van der Waals surface area contributed by atoms with Gasteiger partial charge in [0.05, 0.1) is 6.04 Å². The summed E-state index contributed by atoms with van der Waals surface area (Å²) in [4.78, 5) is 14.9. The molecule has 2 fully saturated rings. The average Bonchev–Trinajstić information content (AvgIpc) is 2.88. The van der Waals surface area contributed by atoms with Gasteiger partial charge < -0.3 is 15.6 Å². The summed E-state index contributed by atoms with van der Waals surface area (Å²) in [5, 5.41) is 10.2. The molecular formula is C17H27N3O. The van der Waals surface area contributed by atoms with Crippen molar-refractivity contribution in [2.75, 3.05) is 13.6 Å². The van der Waals surface area contributed by atoms with Gasteiger partial charge in [0.1, 0.15) is 0 Å². The molecule has 1 aliphatic heterocycles. The summed E-state index contributed by atoms with van der Waals surface area (Å²) in [6.07, 6.45) is 13.5. The third-order valence-electron chi connectivity index (χ3n) is 4.88. The second kappa shape index (κ2) is 7.55. The molecule has 1 saturated heterocycles. The monoisotopic (exact) mass is 289 g/mol. The number of carbonyl (C=O) groups is 1. The Kier molecular flexibility index (Phi) is 5.74. The van der Waals surface area contributed by atoms with Crippen molar-refractivity contribution in [1.29, 1.82) is 5.41 Å². The Morgan fingerprint density at radius 3 is 2.86 bits per heavy atom. The van der Waals surface area contributed by atoms with E-state index in [9.17, 15) is 4.79 Å². The van der Waals surface area contributed by atoms with Crippen molar-refractivity contribution in [2.45, 2.75) is 44.7 Å². The van der Waals surface area contributed by atoms with Crippen LogP contribution < -0.4 is 5.32 Å². The zero-order chi connectivity index (χ0) is 15.2. The number of nitrogens with zero attached hydrogens (tertiary/aromatic N) is 1. The topological polar surface area (TPSA) is 56.2 Å². The fourth-order valence-corrected chi connectivity index (χ4v) is 3.91. The van der Waals surface area contributed by atoms with Gasteiger partial charge in [-0.3, -0.25) is 4.79 Å². The first kappa shape index (κ1) is 16.0. The van der Waals surface area contributed by atoms with Crippen LogP contribution in [0.2, 0.25) is 0 Å². The fraction of sp³-hybridized carbons (Fsp3) is 0.647. The van der Waals surface area contributed by atoms with Gasteiger partial charge in [0.2, 0.25) is 5.91 Å². The minimum atomic E-state index is -0.0545. The zero-order valence-electron chi connectivity index (χ0n) is 13.1. The van der Waals surface area contributed by atoms with Crippen LogP contribution in [-0.2, 0) is 4.79 Å². The number of hydrogen-bond donors (Lipinski definition) is 2. The number of carbonyl (C=O) groups excluding carboxylic acids is 1. The first-order valence-electron chi connectivity index (χ1n) is 7.99. The Bertz CT molecular complexity index is 430. The van der Waals surface area contributed by atoms with Gasteiger partial charge in [-0.05, 0) is 44.2 Å². The average molecular weight is 289 g/mol. The van der Waals surface area contributed by atoms with Crippen molar-refractivity contribution < 1.29 is 4.79 Å². The van der Waals surface area contributed by atoms with Crippen LogP contribution in [0.4, 0.5) is 0 Å². The SMILES string of the molecule is CNC1C(=O)N(C/C=C/C=C\C=N)C2CCCC2CC1C. The highest BCUT2D eigenvalue weighted by atomic mass is 16.2. The molecule has 2 aliphatic rings. The molecule has 1 heterocycles. The summed E-state index contributed by atoms with van der Waals surface area (Å²) in [6.45, 7) is 2.87. The molecule has 2 rings (SSSR count). The maximum Gasteiger partial charge on any atom is 0.240 e. The molecule has 2 N–H and O–H groups in total. The van der Waals surface area contributed by atoms with E-state index in [1.165, 1.54) is 19.1 Å². The van der Waals surface area contributed by atoms with E-state index in [4.69, 9.17) is 5.41 Å². The maximum atomic E-state index is 12.8. The summed E-state index contributed by atoms with van der Waals surface area (Å²) in [7, 11) is 1.89. The molecule has 4 heteroatoms. The van der Waals surface area contributed by atoms with Crippen molar-refractivity contribution in [3.63, 3.8) is 0 Å². The highest BCUT2D eigenvalue weighted by molar-refractivity contribution is 5.83. The molecular weight excluding hydrogens is 262 g/mol. The summed E-state index contributed by atoms with van der Waals surface area (Å²) in [5.41, 5.74) is 0. The second-order valence-electron chi connectivity index (χ2n) is 6.21. The van der Waals surface area contributed by atoms with Gasteiger partial charge in [-0.1, -0.05) is 31.6 Å². The molecule has 4 unspecified atom stereocenters. The van der Waals surface area contributed by atoms with Crippen molar-refractivity contribution in [3.05, 3.63) is 24.3 Å². The molecule has 0 aromatic heterocycles. The Balaban J connectivity index is 2.13. The van der Waals surface area contributed by atoms with Gasteiger partial charge in [0.25, 0.3) is 0 Å². The van der Waals surface area contributed by atoms with Gasteiger partial charge in [-0.25, -0.2) is 0 Å². The van der Waals surface area contributed by atoms with Crippen LogP contribution in [0.15, 0.2) is 24.3 Å². The number of fused-ring (bicyclic) bond motifs is 1. The number of amides is 1. The number of nitrogens with one attached hydrogen (secondary N) is 2. The predicted octanol–water partition coefficient (Wildman–Crippen LogP) is 2.37. The van der Waals surface area contributed by atoms with E-state index >= 15 is 0 Å². The van der Waals surface area contributed by atoms with Gasteiger partial charge in [0.15, 0.2) is 0 Å². The lowest BCUT2D eigenvalue weighted by molar-refractivity contribution is -0.135. The van der Waals surface area contributed by atoms with E-state index < -0.39 is 0 Å². The van der Waals surface area contributed by atoms with Crippen LogP contribution in [0, 0.1) is 17.2 Å². The van der Waals surface area contributed by atoms with Gasteiger partial charge in [-0.2, -0.15) is 0 Å². The van der Waals surface area contributed by atoms with Crippen molar-refractivity contribution >= 4 is 12.1 Å². The normalized spacial score (nSPS) is 33.6. The van der Waals surface area contributed by atoms with Crippen LogP contribution in [0.1, 0.15) is 32.6 Å². The number of allylic oxidation sites excluding steroid dienone is 3. The molecule has 1 saturated carbocycles. The molecule has 0 spiro atoms. The number of likely N-dealkylation sites (N-methyl/N-ethyl adjacent to an activating group) is 1. The minimum Gasteiger partial charge on any atom is -0.334 e. The molecule has 0 bridgehead atoms. The highest BCUT2D eigenvalue weighted by Gasteiger charge is 2.42. The molecule has 4 nitrogen and oxygen atoms in total. The van der Waals surface area contributed by atoms with E-state index in [1.54, 1.807) is 6.08 Å². The van der Waals surface area contributed by atoms with Gasteiger partial charge in [-0.15, -0.1) is 0 Å². The Morgan fingerprint density at radius 1 is 1.33 bits per heavy atom. The lowest BCUT2D eigenvalue weighted by Crippen LogP contribution is -2.49. The standard InChI is InChI=1S/C17H27N3O/c1-13-12-14-8-7-9-15(14)20(17(21)16(13)19-2)11-6-4-3-5-10-18/h3-6,10,13-16,18-19H,7-9,11-12H2,1-2H3/b5-3-,6-4+,18-10?. The maximum absolute atomic E-state index is 12.8. The third kappa shape index (κ3) is 3.62. The Morgan fingerprint density at radius 2 is 2.14 bits per heavy atom. The van der Waals surface area contributed by atoms with E-state index in [1.807, 2.05) is 25.3 Å². The lowest BCUT2D eigenvalue weighted by Gasteiger charge is -2.31. The van der Waals surface area contributed by atoms with Crippen LogP contribution in [0.25, 0.3) is 0 Å². The number of likely N-dealkylation sites (tertiary alicyclic amines) is 1. The molecule has 0 aromatic carbocycles. The van der Waals surface area contributed by atoms with E-state index in [0.29, 0.717) is 24.4 Å². The van der Waals surface area contributed by atoms with Gasteiger partial charge in [0, 0.05) is 18.8 Å². The largest absolute Gasteiger partial charge is 0.334 e. The fourth-order valence-electron chi connectivity index (χ4n) is 3.91. The molecule has 4 atom stereocenters. The van der Waals surface area contributed by atoms with E-state index in [0.717, 1.165) is 12.8 Å². The molecule has 21 heavy (non-hydrogen) atoms. The Hall–Kier alpha value is -1.42. The van der Waals surface area contributed by atoms with Gasteiger partial charge >= 0.3 is 0 Å². The summed E-state index contributed by atoms with van der Waals surface area (Å²) in [5.74, 6) is 1.31. The van der Waals surface area contributed by atoms with E-state index in [2.05, 4.69) is 17.1 Å². The van der Waals surface area contributed by atoms with Crippen molar-refractivity contribution in [1.82, 2.24) is 10.2 Å². The number of rotatable bonds is 5. The third-order valence-corrected chi connectivity index (χ3v) is 4.88. The number of hydrogen-bond acceptors (Lipinski definition) is 3. The van der Waals surface area contributed by atoms with E-state index in [-0.39, 0.29) is 11.9 Å². The zero-order valence-corrected chi connectivity index (χ0v) is 13.1. The minimum absolute atomic E-state index is 0.0545. The second-order valence-corrected chi connectivity index (χ2v) is 6.21. The van der Waals surface area contributed by atoms with Crippen molar-refractivity contribution in [3.8, 4) is 0 Å². The van der Waals surface area contributed by atoms with Crippen molar-refractivity contribution in [2.24, 2.45) is 11.8 Å². The van der Waals surface area contributed by atoms with Crippen LogP contribution >= 0.6 is 0 Å². The predicted molar refractivity (Wildman–Crippen MR) is 86.5 cm³/mol. The molecule has 116 valence electrons. The first-order valence-corrected chi connectivity index (χ1v) is 7.99. The lowest BCUT2D eigenvalue weighted by atomic mass is 9.90. The summed E-state index contributed by atoms with van der Waals surface area (Å²) in [6, 6.07) is 0.357. The summed E-state index contributed by atoms with van der Waals surface area (Å²) >= 11 is 0. The van der Waals surface area contributed by atoms with Crippen LogP contribution in [0.5, 0.6) is 0 Å². The van der Waals surface area contributed by atoms with Crippen LogP contribution in [-0.4, -0.2) is 42.7 Å². The highest BCUT2D eigenvalue weighted by Crippen LogP contribution is 2.38. The molecule has 0 aromatic rings. The molecule has 1 aliphatic carbocycles. The molecule has 0 radical (unpaired) electrons. The molecule has 1 amide bonds. The first-order chi connectivity index (χ1) is 10.2. The smallest absolute Gasteiger partial charge is 0.240 e. The van der Waals surface area contributed by atoms with Crippen LogP contribution in [0.3, 0.4) is 0 Å². The Labute approximate surface area is 127 Å².